The van der Waals surface area contributed by atoms with Gasteiger partial charge in [-0.3, -0.25) is 0 Å². The van der Waals surface area contributed by atoms with Gasteiger partial charge in [0.15, 0.2) is 11.6 Å². The fraction of sp³-hybridized carbons (Fsp3) is 0.400. The smallest absolute Gasteiger partial charge is 0.162 e. The van der Waals surface area contributed by atoms with Gasteiger partial charge >= 0.3 is 0 Å². The van der Waals surface area contributed by atoms with Gasteiger partial charge in [-0.05, 0) is 29.5 Å². The molecule has 70 valence electrons. The van der Waals surface area contributed by atoms with Crippen molar-refractivity contribution in [1.82, 2.24) is 0 Å². The third-order valence-corrected chi connectivity index (χ3v) is 2.62. The predicted octanol–water partition coefficient (Wildman–Crippen LogP) is 2.19. The third-order valence-electron chi connectivity index (χ3n) is 2.62. The van der Waals surface area contributed by atoms with Crippen LogP contribution in [0.15, 0.2) is 12.1 Å². The summed E-state index contributed by atoms with van der Waals surface area (Å²) in [5, 5.41) is 9.58. The van der Waals surface area contributed by atoms with Crippen LogP contribution in [0.5, 0.6) is 0 Å². The zero-order chi connectivity index (χ0) is 9.59. The van der Waals surface area contributed by atoms with Crippen molar-refractivity contribution in [2.75, 3.05) is 0 Å². The van der Waals surface area contributed by atoms with Crippen LogP contribution in [0.25, 0.3) is 0 Å². The van der Waals surface area contributed by atoms with Gasteiger partial charge in [0.05, 0.1) is 6.10 Å². The summed E-state index contributed by atoms with van der Waals surface area (Å²) < 4.78 is 25.9. The maximum absolute atomic E-state index is 13.2. The molecule has 1 aromatic rings. The number of halogens is 2. The van der Waals surface area contributed by atoms with Crippen LogP contribution in [0.4, 0.5) is 8.78 Å². The molecule has 0 aliphatic heterocycles. The molecule has 0 aromatic heterocycles. The van der Waals surface area contributed by atoms with Gasteiger partial charge in [0, 0.05) is 0 Å². The van der Waals surface area contributed by atoms with Gasteiger partial charge in [0.2, 0.25) is 0 Å². The van der Waals surface area contributed by atoms with E-state index < -0.39 is 17.7 Å². The average molecular weight is 184 g/mol. The average Bonchev–Trinajstić information content (AvgIpc) is 2.38. The summed E-state index contributed by atoms with van der Waals surface area (Å²) in [6.45, 7) is 1.82. The van der Waals surface area contributed by atoms with Crippen molar-refractivity contribution in [2.24, 2.45) is 5.92 Å². The molecule has 0 amide bonds. The first kappa shape index (κ1) is 8.63. The molecular weight excluding hydrogens is 174 g/mol. The lowest BCUT2D eigenvalue weighted by atomic mass is 10.1. The van der Waals surface area contributed by atoms with Crippen LogP contribution in [0.3, 0.4) is 0 Å². The van der Waals surface area contributed by atoms with E-state index in [2.05, 4.69) is 0 Å². The van der Waals surface area contributed by atoms with E-state index in [1.54, 1.807) is 0 Å². The summed E-state index contributed by atoms with van der Waals surface area (Å²) in [7, 11) is 0. The van der Waals surface area contributed by atoms with Crippen LogP contribution >= 0.6 is 0 Å². The molecule has 2 rings (SSSR count). The summed E-state index contributed by atoms with van der Waals surface area (Å²) in [4.78, 5) is 0. The molecule has 3 heteroatoms. The number of fused-ring (bicyclic) bond motifs is 1. The Hall–Kier alpha value is -0.960. The topological polar surface area (TPSA) is 20.2 Å². The Morgan fingerprint density at radius 3 is 2.77 bits per heavy atom. The third kappa shape index (κ3) is 1.15. The number of hydrogen-bond donors (Lipinski definition) is 1. The highest BCUT2D eigenvalue weighted by Crippen LogP contribution is 2.37. The lowest BCUT2D eigenvalue weighted by Crippen LogP contribution is -2.00. The molecule has 0 spiro atoms. The summed E-state index contributed by atoms with van der Waals surface area (Å²) in [6, 6.07) is 2.53. The minimum atomic E-state index is -0.833. The van der Waals surface area contributed by atoms with Crippen molar-refractivity contribution in [3.63, 3.8) is 0 Å². The first-order valence-corrected chi connectivity index (χ1v) is 4.26. The molecule has 0 radical (unpaired) electrons. The van der Waals surface area contributed by atoms with Crippen LogP contribution in [0, 0.1) is 17.6 Å². The van der Waals surface area contributed by atoms with Crippen LogP contribution in [-0.4, -0.2) is 5.11 Å². The Morgan fingerprint density at radius 1 is 1.38 bits per heavy atom. The second-order valence-electron chi connectivity index (χ2n) is 3.56. The van der Waals surface area contributed by atoms with E-state index in [4.69, 9.17) is 0 Å². The number of aliphatic hydroxyl groups is 1. The van der Waals surface area contributed by atoms with Crippen molar-refractivity contribution in [2.45, 2.75) is 19.4 Å². The highest BCUT2D eigenvalue weighted by atomic mass is 19.2. The van der Waals surface area contributed by atoms with Crippen molar-refractivity contribution < 1.29 is 13.9 Å². The van der Waals surface area contributed by atoms with E-state index >= 15 is 0 Å². The van der Waals surface area contributed by atoms with Gasteiger partial charge in [-0.15, -0.1) is 0 Å². The van der Waals surface area contributed by atoms with Crippen LogP contribution in [0.1, 0.15) is 24.2 Å². The number of benzene rings is 1. The summed E-state index contributed by atoms with van der Waals surface area (Å²) >= 11 is 0. The Balaban J connectivity index is 2.57. The van der Waals surface area contributed by atoms with Crippen molar-refractivity contribution in [3.8, 4) is 0 Å². The minimum Gasteiger partial charge on any atom is -0.388 e. The lowest BCUT2D eigenvalue weighted by molar-refractivity contribution is 0.133. The normalized spacial score (nSPS) is 26.2. The zero-order valence-electron chi connectivity index (χ0n) is 7.22. The molecule has 1 aromatic carbocycles. The monoisotopic (exact) mass is 184 g/mol. The molecule has 0 saturated carbocycles. The SMILES string of the molecule is CC1Cc2c(ccc(F)c2F)C1O. The molecule has 0 saturated heterocycles. The Labute approximate surface area is 75.0 Å². The molecule has 2 unspecified atom stereocenters. The van der Waals surface area contributed by atoms with Gasteiger partial charge in [-0.2, -0.15) is 0 Å². The number of aliphatic hydroxyl groups excluding tert-OH is 1. The first-order valence-electron chi connectivity index (χ1n) is 4.26. The molecule has 2 atom stereocenters. The lowest BCUT2D eigenvalue weighted by Gasteiger charge is -2.07. The molecule has 1 aliphatic carbocycles. The molecular formula is C10H10F2O. The van der Waals surface area contributed by atoms with Crippen LogP contribution in [-0.2, 0) is 6.42 Å². The van der Waals surface area contributed by atoms with Crippen LogP contribution < -0.4 is 0 Å². The van der Waals surface area contributed by atoms with E-state index in [9.17, 15) is 13.9 Å². The highest BCUT2D eigenvalue weighted by Gasteiger charge is 2.30. The molecule has 1 N–H and O–H groups in total. The summed E-state index contributed by atoms with van der Waals surface area (Å²) in [6.07, 6.45) is -0.231. The maximum atomic E-state index is 13.2. The largest absolute Gasteiger partial charge is 0.388 e. The van der Waals surface area contributed by atoms with Crippen molar-refractivity contribution in [1.29, 1.82) is 0 Å². The summed E-state index contributed by atoms with van der Waals surface area (Å²) in [5.41, 5.74) is 0.867. The maximum Gasteiger partial charge on any atom is 0.162 e. The second-order valence-corrected chi connectivity index (χ2v) is 3.56. The van der Waals surface area contributed by atoms with E-state index in [0.29, 0.717) is 17.5 Å². The Kier molecular flexibility index (Phi) is 1.84. The van der Waals surface area contributed by atoms with Gasteiger partial charge in [0.25, 0.3) is 0 Å². The number of rotatable bonds is 0. The second kappa shape index (κ2) is 2.77. The molecule has 1 aliphatic rings. The molecule has 0 heterocycles. The molecule has 13 heavy (non-hydrogen) atoms. The van der Waals surface area contributed by atoms with E-state index in [1.165, 1.54) is 6.07 Å². The quantitative estimate of drug-likeness (QED) is 0.655. The first-order chi connectivity index (χ1) is 6.11. The van der Waals surface area contributed by atoms with Gasteiger partial charge in [-0.1, -0.05) is 13.0 Å². The predicted molar refractivity (Wildman–Crippen MR) is 44.2 cm³/mol. The fourth-order valence-corrected chi connectivity index (χ4v) is 1.83. The van der Waals surface area contributed by atoms with Crippen LogP contribution in [0.2, 0.25) is 0 Å². The van der Waals surface area contributed by atoms with Gasteiger partial charge in [-0.25, -0.2) is 8.78 Å². The molecule has 0 bridgehead atoms. The molecule has 0 fully saturated rings. The minimum absolute atomic E-state index is 0.0219. The van der Waals surface area contributed by atoms with E-state index in [1.807, 2.05) is 6.92 Å². The molecule has 1 nitrogen and oxygen atoms in total. The zero-order valence-corrected chi connectivity index (χ0v) is 7.22. The van der Waals surface area contributed by atoms with Crippen molar-refractivity contribution >= 4 is 0 Å². The van der Waals surface area contributed by atoms with E-state index in [-0.39, 0.29) is 5.92 Å². The number of hydrogen-bond acceptors (Lipinski definition) is 1. The van der Waals surface area contributed by atoms with E-state index in [0.717, 1.165) is 6.07 Å². The standard InChI is InChI=1S/C10H10F2O/c1-5-4-7-6(10(5)13)2-3-8(11)9(7)12/h2-3,5,10,13H,4H2,1H3. The Bertz CT molecular complexity index is 349. The Morgan fingerprint density at radius 2 is 2.08 bits per heavy atom. The van der Waals surface area contributed by atoms with Gasteiger partial charge < -0.3 is 5.11 Å². The van der Waals surface area contributed by atoms with Gasteiger partial charge in [0.1, 0.15) is 0 Å². The van der Waals surface area contributed by atoms with Crippen molar-refractivity contribution in [3.05, 3.63) is 34.9 Å². The fourth-order valence-electron chi connectivity index (χ4n) is 1.83. The highest BCUT2D eigenvalue weighted by molar-refractivity contribution is 5.36. The summed E-state index contributed by atoms with van der Waals surface area (Å²) in [5.74, 6) is -1.66.